The molecule has 0 heterocycles. The molecule has 0 saturated carbocycles. The van der Waals surface area contributed by atoms with E-state index in [-0.39, 0.29) is 59.8 Å². The Labute approximate surface area is 388 Å². The van der Waals surface area contributed by atoms with E-state index in [1.165, 1.54) is 78.9 Å². The van der Waals surface area contributed by atoms with Crippen molar-refractivity contribution in [3.8, 4) is 0 Å². The van der Waals surface area contributed by atoms with E-state index in [1.807, 2.05) is 0 Å². The topological polar surface area (TPSA) is 200 Å². The lowest BCUT2D eigenvalue weighted by molar-refractivity contribution is -0.127. The summed E-state index contributed by atoms with van der Waals surface area (Å²) in [6, 6.07) is 18.3. The first-order chi connectivity index (χ1) is 29.4. The summed E-state index contributed by atoms with van der Waals surface area (Å²) in [6.07, 6.45) is 0. The van der Waals surface area contributed by atoms with Crippen molar-refractivity contribution in [1.29, 1.82) is 0 Å². The molecule has 21 heteroatoms. The average Bonchev–Trinajstić information content (AvgIpc) is 3.20. The van der Waals surface area contributed by atoms with Crippen molar-refractivity contribution < 1.29 is 28.8 Å². The van der Waals surface area contributed by atoms with E-state index in [0.29, 0.717) is 27.0 Å². The number of carbonyl (C=O) groups is 6. The Morgan fingerprint density at radius 3 is 1.34 bits per heavy atom. The van der Waals surface area contributed by atoms with E-state index in [9.17, 15) is 28.8 Å². The monoisotopic (exact) mass is 974 g/mol. The van der Waals surface area contributed by atoms with Crippen molar-refractivity contribution in [1.82, 2.24) is 0 Å². The average molecular weight is 978 g/mol. The number of amides is 4. The number of hydrogen-bond donors (Lipinski definition) is 4. The highest BCUT2D eigenvalue weighted by atomic mass is 35.5. The minimum Gasteiger partial charge on any atom is -0.324 e. The summed E-state index contributed by atoms with van der Waals surface area (Å²) in [6.45, 7) is 2.29. The number of azo groups is 2. The molecule has 0 aromatic heterocycles. The molecule has 5 aromatic carbocycles. The molecule has 5 rings (SSSR count). The summed E-state index contributed by atoms with van der Waals surface area (Å²) >= 11 is 42.6. The molecule has 2 unspecified atom stereocenters. The fraction of sp³-hybridized carbons (Fsp3) is 0.122. The van der Waals surface area contributed by atoms with Crippen LogP contribution in [-0.4, -0.2) is 47.3 Å². The van der Waals surface area contributed by atoms with Gasteiger partial charge in [-0.2, -0.15) is 20.5 Å². The van der Waals surface area contributed by atoms with Gasteiger partial charge in [-0.15, -0.1) is 11.6 Å². The van der Waals surface area contributed by atoms with Crippen LogP contribution in [0.15, 0.2) is 111 Å². The quantitative estimate of drug-likeness (QED) is 0.0457. The molecule has 0 spiro atoms. The highest BCUT2D eigenvalue weighted by Gasteiger charge is 2.26. The summed E-state index contributed by atoms with van der Waals surface area (Å²) in [5, 5.41) is 27.7. The number of alkyl halides is 1. The summed E-state index contributed by atoms with van der Waals surface area (Å²) in [5.74, 6) is -4.31. The van der Waals surface area contributed by atoms with Crippen LogP contribution < -0.4 is 21.3 Å². The molecule has 0 bridgehead atoms. The Bertz CT molecular complexity index is 2680. The molecule has 62 heavy (non-hydrogen) atoms. The molecule has 2 atom stereocenters. The number of nitrogens with one attached hydrogen (secondary N) is 4. The van der Waals surface area contributed by atoms with Gasteiger partial charge in [-0.3, -0.25) is 28.8 Å². The van der Waals surface area contributed by atoms with Crippen LogP contribution in [0.4, 0.5) is 34.1 Å². The molecule has 4 N–H and O–H groups in total. The predicted molar refractivity (Wildman–Crippen MR) is 243 cm³/mol. The molecule has 0 saturated heterocycles. The van der Waals surface area contributed by atoms with Gasteiger partial charge >= 0.3 is 0 Å². The van der Waals surface area contributed by atoms with Gasteiger partial charge in [-0.1, -0.05) is 69.6 Å². The Morgan fingerprint density at radius 2 is 0.919 bits per heavy atom. The zero-order valence-corrected chi connectivity index (χ0v) is 37.2. The van der Waals surface area contributed by atoms with Crippen molar-refractivity contribution in [2.45, 2.75) is 31.8 Å². The summed E-state index contributed by atoms with van der Waals surface area (Å²) in [4.78, 5) is 77.6. The second-order valence-corrected chi connectivity index (χ2v) is 15.8. The molecule has 318 valence electrons. The number of Topliss-reactive ketones (excluding diaryl/α,β-unsaturated/α-hetero) is 2. The van der Waals surface area contributed by atoms with Crippen molar-refractivity contribution in [2.75, 3.05) is 21.3 Å². The van der Waals surface area contributed by atoms with Crippen LogP contribution in [0.2, 0.25) is 30.1 Å². The fourth-order valence-corrected chi connectivity index (χ4v) is 6.56. The van der Waals surface area contributed by atoms with E-state index >= 15 is 0 Å². The summed E-state index contributed by atoms with van der Waals surface area (Å²) in [5.41, 5.74) is 1.74. The van der Waals surface area contributed by atoms with Gasteiger partial charge < -0.3 is 21.3 Å². The highest BCUT2D eigenvalue weighted by Crippen LogP contribution is 2.30. The molecule has 0 aliphatic rings. The van der Waals surface area contributed by atoms with Gasteiger partial charge in [0, 0.05) is 49.8 Å². The molecule has 0 aliphatic carbocycles. The van der Waals surface area contributed by atoms with E-state index in [2.05, 4.69) is 41.7 Å². The third-order valence-electron chi connectivity index (χ3n) is 8.26. The lowest BCUT2D eigenvalue weighted by atomic mass is 10.1. The molecule has 14 nitrogen and oxygen atoms in total. The van der Waals surface area contributed by atoms with Gasteiger partial charge in [-0.25, -0.2) is 0 Å². The Kier molecular flexibility index (Phi) is 16.6. The molecular formula is C41H29Cl7N8O6. The van der Waals surface area contributed by atoms with Crippen molar-refractivity contribution in [3.05, 3.63) is 138 Å². The van der Waals surface area contributed by atoms with Gasteiger partial charge in [0.2, 0.25) is 12.1 Å². The number of benzene rings is 5. The second-order valence-electron chi connectivity index (χ2n) is 13.0. The number of anilines is 4. The first-order valence-electron chi connectivity index (χ1n) is 17.7. The van der Waals surface area contributed by atoms with Crippen LogP contribution in [0, 0.1) is 0 Å². The van der Waals surface area contributed by atoms with Crippen molar-refractivity contribution in [2.24, 2.45) is 20.5 Å². The van der Waals surface area contributed by atoms with Gasteiger partial charge in [0.25, 0.3) is 23.6 Å². The first kappa shape index (κ1) is 47.6. The van der Waals surface area contributed by atoms with Crippen molar-refractivity contribution >= 4 is 151 Å². The summed E-state index contributed by atoms with van der Waals surface area (Å²) < 4.78 is 0. The molecule has 0 fully saturated rings. The highest BCUT2D eigenvalue weighted by molar-refractivity contribution is 6.42. The predicted octanol–water partition coefficient (Wildman–Crippen LogP) is 12.2. The Morgan fingerprint density at radius 1 is 0.500 bits per heavy atom. The molecular weight excluding hydrogens is 949 g/mol. The number of hydrogen-bond acceptors (Lipinski definition) is 10. The smallest absolute Gasteiger partial charge is 0.258 e. The lowest BCUT2D eigenvalue weighted by Crippen LogP contribution is -2.32. The lowest BCUT2D eigenvalue weighted by Gasteiger charge is -2.15. The fourth-order valence-electron chi connectivity index (χ4n) is 5.28. The van der Waals surface area contributed by atoms with Crippen LogP contribution in [0.3, 0.4) is 0 Å². The molecule has 0 radical (unpaired) electrons. The maximum atomic E-state index is 13.3. The minimum absolute atomic E-state index is 0.0711. The van der Waals surface area contributed by atoms with E-state index < -0.39 is 47.3 Å². The maximum absolute atomic E-state index is 13.3. The molecule has 5 aromatic rings. The number of ketones is 2. The third kappa shape index (κ3) is 13.0. The van der Waals surface area contributed by atoms with Crippen LogP contribution >= 0.6 is 81.2 Å². The second kappa shape index (κ2) is 21.6. The van der Waals surface area contributed by atoms with Crippen molar-refractivity contribution in [3.63, 3.8) is 0 Å². The number of halogens is 7. The zero-order chi connectivity index (χ0) is 45.2. The van der Waals surface area contributed by atoms with E-state index in [0.717, 1.165) is 13.8 Å². The van der Waals surface area contributed by atoms with E-state index in [4.69, 9.17) is 81.2 Å². The minimum atomic E-state index is -1.63. The van der Waals surface area contributed by atoms with Gasteiger partial charge in [-0.05, 0) is 110 Å². The Hall–Kier alpha value is -5.45. The Balaban J connectivity index is 1.25. The first-order valence-corrected chi connectivity index (χ1v) is 20.5. The van der Waals surface area contributed by atoms with E-state index in [1.54, 1.807) is 12.1 Å². The molecule has 0 aliphatic heterocycles. The van der Waals surface area contributed by atoms with Crippen LogP contribution in [0.5, 0.6) is 0 Å². The van der Waals surface area contributed by atoms with Crippen LogP contribution in [0.25, 0.3) is 0 Å². The standard InChI is InChI=1S/C41H29Cl7N8O6/c1-19(57)36(55-53-29-11-21(9-24(43)14-29)38(59)49-27-3-6-31(45)33(47)16-27)40(61)51-26-5-8-35(23(13-26)18-42)52-41(62)37(20(2)58)56-54-30-12-22(10-25(44)15-30)39(60)50-28-4-7-32(46)34(48)17-28/h3-17,36-37H,18H2,1-2H3,(H,49,59)(H,50,60)(H,51,61)(H,52,62). The normalized spacial score (nSPS) is 12.1. The van der Waals surface area contributed by atoms with Gasteiger partial charge in [0.1, 0.15) is 0 Å². The largest absolute Gasteiger partial charge is 0.324 e. The third-order valence-corrected chi connectivity index (χ3v) is 10.5. The molecule has 4 amide bonds. The number of rotatable bonds is 15. The maximum Gasteiger partial charge on any atom is 0.258 e. The SMILES string of the molecule is CC(=O)C(N=Nc1cc(Cl)cc(C(=O)Nc2ccc(Cl)c(Cl)c2)c1)C(=O)Nc1ccc(NC(=O)C(N=Nc2cc(Cl)cc(C(=O)Nc3ccc(Cl)c(Cl)c3)c2)C(C)=O)c(CCl)c1. The number of nitrogens with zero attached hydrogens (tertiary/aromatic N) is 4. The van der Waals surface area contributed by atoms with Gasteiger partial charge in [0.15, 0.2) is 11.6 Å². The van der Waals surface area contributed by atoms with Crippen LogP contribution in [0.1, 0.15) is 40.1 Å². The van der Waals surface area contributed by atoms with Gasteiger partial charge in [0.05, 0.1) is 31.5 Å². The summed E-state index contributed by atoms with van der Waals surface area (Å²) in [7, 11) is 0. The number of carbonyl (C=O) groups excluding carboxylic acids is 6. The zero-order valence-electron chi connectivity index (χ0n) is 31.9. The van der Waals surface area contributed by atoms with Crippen LogP contribution in [-0.2, 0) is 25.1 Å².